The number of rotatable bonds is 6. The predicted octanol–water partition coefficient (Wildman–Crippen LogP) is 2.76. The van der Waals surface area contributed by atoms with Gasteiger partial charge in [-0.3, -0.25) is 0 Å². The molecule has 0 aliphatic carbocycles. The van der Waals surface area contributed by atoms with Crippen molar-refractivity contribution in [1.29, 1.82) is 0 Å². The van der Waals surface area contributed by atoms with Crippen LogP contribution in [-0.2, 0) is 6.54 Å². The molecule has 3 heteroatoms. The molecule has 15 heavy (non-hydrogen) atoms. The summed E-state index contributed by atoms with van der Waals surface area (Å²) >= 11 is 0. The van der Waals surface area contributed by atoms with Gasteiger partial charge in [-0.2, -0.15) is 0 Å². The molecule has 0 aliphatic rings. The van der Waals surface area contributed by atoms with Crippen LogP contribution in [0.5, 0.6) is 0 Å². The van der Waals surface area contributed by atoms with Crippen molar-refractivity contribution in [1.82, 2.24) is 9.55 Å². The van der Waals surface area contributed by atoms with Crippen LogP contribution in [0.2, 0.25) is 0 Å². The summed E-state index contributed by atoms with van der Waals surface area (Å²) in [7, 11) is 0. The molecule has 0 fully saturated rings. The fraction of sp³-hybridized carbons (Fsp3) is 0.750. The van der Waals surface area contributed by atoms with Crippen LogP contribution in [0, 0.1) is 5.92 Å². The Morgan fingerprint density at radius 1 is 1.47 bits per heavy atom. The number of hydrogen-bond donors (Lipinski definition) is 1. The van der Waals surface area contributed by atoms with Crippen molar-refractivity contribution in [2.24, 2.45) is 5.92 Å². The minimum atomic E-state index is -0.415. The smallest absolute Gasteiger partial charge is 0.137 e. The van der Waals surface area contributed by atoms with Crippen LogP contribution in [0.25, 0.3) is 0 Å². The van der Waals surface area contributed by atoms with Gasteiger partial charge in [0.1, 0.15) is 11.9 Å². The Bertz CT molecular complexity index is 283. The van der Waals surface area contributed by atoms with Gasteiger partial charge >= 0.3 is 0 Å². The van der Waals surface area contributed by atoms with Crippen molar-refractivity contribution >= 4 is 0 Å². The lowest BCUT2D eigenvalue weighted by molar-refractivity contribution is 0.133. The Kier molecular flexibility index (Phi) is 4.82. The molecule has 0 bridgehead atoms. The first-order valence-corrected chi connectivity index (χ1v) is 5.88. The summed E-state index contributed by atoms with van der Waals surface area (Å²) in [5.74, 6) is 1.36. The summed E-state index contributed by atoms with van der Waals surface area (Å²) in [6, 6.07) is 0. The van der Waals surface area contributed by atoms with E-state index >= 15 is 0 Å². The van der Waals surface area contributed by atoms with E-state index in [4.69, 9.17) is 0 Å². The maximum atomic E-state index is 10.0. The van der Waals surface area contributed by atoms with Gasteiger partial charge in [-0.1, -0.05) is 27.2 Å². The van der Waals surface area contributed by atoms with Crippen molar-refractivity contribution < 1.29 is 5.11 Å². The first-order chi connectivity index (χ1) is 7.19. The van der Waals surface area contributed by atoms with Gasteiger partial charge in [0.15, 0.2) is 0 Å². The Hall–Kier alpha value is -0.830. The SMILES string of the molecule is CCCn1ccnc1C(O)CC(C)CC. The first kappa shape index (κ1) is 12.2. The van der Waals surface area contributed by atoms with Crippen molar-refractivity contribution in [3.05, 3.63) is 18.2 Å². The third-order valence-electron chi connectivity index (χ3n) is 2.83. The molecule has 1 aromatic rings. The fourth-order valence-electron chi connectivity index (χ4n) is 1.70. The highest BCUT2D eigenvalue weighted by Crippen LogP contribution is 2.21. The number of aromatic nitrogens is 2. The summed E-state index contributed by atoms with van der Waals surface area (Å²) in [6.07, 6.45) is 6.27. The van der Waals surface area contributed by atoms with Gasteiger partial charge in [0, 0.05) is 18.9 Å². The van der Waals surface area contributed by atoms with Crippen LogP contribution in [0.4, 0.5) is 0 Å². The third kappa shape index (κ3) is 3.34. The normalized spacial score (nSPS) is 15.2. The van der Waals surface area contributed by atoms with Gasteiger partial charge in [-0.25, -0.2) is 4.98 Å². The number of nitrogens with zero attached hydrogens (tertiary/aromatic N) is 2. The molecule has 86 valence electrons. The zero-order chi connectivity index (χ0) is 11.3. The quantitative estimate of drug-likeness (QED) is 0.784. The number of aliphatic hydroxyl groups excluding tert-OH is 1. The molecule has 2 unspecified atom stereocenters. The van der Waals surface area contributed by atoms with Crippen LogP contribution >= 0.6 is 0 Å². The van der Waals surface area contributed by atoms with E-state index in [0.29, 0.717) is 5.92 Å². The number of aryl methyl sites for hydroxylation is 1. The molecule has 0 aliphatic heterocycles. The molecular weight excluding hydrogens is 188 g/mol. The van der Waals surface area contributed by atoms with Gasteiger partial charge in [0.25, 0.3) is 0 Å². The third-order valence-corrected chi connectivity index (χ3v) is 2.83. The van der Waals surface area contributed by atoms with Crippen LogP contribution < -0.4 is 0 Å². The largest absolute Gasteiger partial charge is 0.385 e. The zero-order valence-corrected chi connectivity index (χ0v) is 9.98. The summed E-state index contributed by atoms with van der Waals surface area (Å²) < 4.78 is 2.05. The standard InChI is InChI=1S/C12H22N2O/c1-4-7-14-8-6-13-12(14)11(15)9-10(3)5-2/h6,8,10-11,15H,4-5,7,9H2,1-3H3. The highest BCUT2D eigenvalue weighted by atomic mass is 16.3. The highest BCUT2D eigenvalue weighted by molar-refractivity contribution is 4.96. The van der Waals surface area contributed by atoms with Gasteiger partial charge in [-0.05, 0) is 18.8 Å². The van der Waals surface area contributed by atoms with E-state index in [1.54, 1.807) is 6.20 Å². The van der Waals surface area contributed by atoms with Gasteiger partial charge < -0.3 is 9.67 Å². The van der Waals surface area contributed by atoms with Crippen molar-refractivity contribution in [3.8, 4) is 0 Å². The number of imidazole rings is 1. The molecule has 0 saturated heterocycles. The second-order valence-corrected chi connectivity index (χ2v) is 4.24. The minimum Gasteiger partial charge on any atom is -0.385 e. The molecule has 2 atom stereocenters. The molecular formula is C12H22N2O. The molecule has 0 amide bonds. The molecule has 3 nitrogen and oxygen atoms in total. The summed E-state index contributed by atoms with van der Waals surface area (Å²) in [6.45, 7) is 7.38. The molecule has 1 heterocycles. The Morgan fingerprint density at radius 3 is 2.80 bits per heavy atom. The maximum Gasteiger partial charge on any atom is 0.137 e. The van der Waals surface area contributed by atoms with Gasteiger partial charge in [0.2, 0.25) is 0 Å². The summed E-state index contributed by atoms with van der Waals surface area (Å²) in [5, 5.41) is 10.0. The lowest BCUT2D eigenvalue weighted by atomic mass is 10.0. The average molecular weight is 210 g/mol. The fourth-order valence-corrected chi connectivity index (χ4v) is 1.70. The molecule has 0 radical (unpaired) electrons. The molecule has 0 saturated carbocycles. The first-order valence-electron chi connectivity index (χ1n) is 5.88. The number of aliphatic hydroxyl groups is 1. The molecule has 0 spiro atoms. The van der Waals surface area contributed by atoms with Gasteiger partial charge in [0.05, 0.1) is 0 Å². The average Bonchev–Trinajstić information content (AvgIpc) is 2.66. The van der Waals surface area contributed by atoms with Crippen LogP contribution in [-0.4, -0.2) is 14.7 Å². The van der Waals surface area contributed by atoms with E-state index in [1.165, 1.54) is 0 Å². The minimum absolute atomic E-state index is 0.415. The summed E-state index contributed by atoms with van der Waals surface area (Å²) in [4.78, 5) is 4.24. The second-order valence-electron chi connectivity index (χ2n) is 4.24. The van der Waals surface area contributed by atoms with Crippen LogP contribution in [0.15, 0.2) is 12.4 Å². The van der Waals surface area contributed by atoms with Crippen LogP contribution in [0.3, 0.4) is 0 Å². The Labute approximate surface area is 92.1 Å². The highest BCUT2D eigenvalue weighted by Gasteiger charge is 2.15. The van der Waals surface area contributed by atoms with Crippen molar-refractivity contribution in [2.75, 3.05) is 0 Å². The van der Waals surface area contributed by atoms with E-state index in [9.17, 15) is 5.11 Å². The van der Waals surface area contributed by atoms with Crippen molar-refractivity contribution in [2.45, 2.75) is 52.7 Å². The Balaban J connectivity index is 2.63. The second kappa shape index (κ2) is 5.91. The number of hydrogen-bond acceptors (Lipinski definition) is 2. The Morgan fingerprint density at radius 2 is 2.20 bits per heavy atom. The molecule has 1 aromatic heterocycles. The lowest BCUT2D eigenvalue weighted by Crippen LogP contribution is -2.11. The molecule has 1 N–H and O–H groups in total. The van der Waals surface area contributed by atoms with E-state index in [2.05, 4.69) is 25.8 Å². The van der Waals surface area contributed by atoms with Crippen molar-refractivity contribution in [3.63, 3.8) is 0 Å². The lowest BCUT2D eigenvalue weighted by Gasteiger charge is -2.16. The topological polar surface area (TPSA) is 38.0 Å². The van der Waals surface area contributed by atoms with Crippen LogP contribution in [0.1, 0.15) is 52.0 Å². The van der Waals surface area contributed by atoms with E-state index in [0.717, 1.165) is 31.6 Å². The van der Waals surface area contributed by atoms with E-state index in [-0.39, 0.29) is 0 Å². The van der Waals surface area contributed by atoms with E-state index in [1.807, 2.05) is 10.8 Å². The zero-order valence-electron chi connectivity index (χ0n) is 9.98. The van der Waals surface area contributed by atoms with Gasteiger partial charge in [-0.15, -0.1) is 0 Å². The maximum absolute atomic E-state index is 10.0. The van der Waals surface area contributed by atoms with E-state index < -0.39 is 6.10 Å². The molecule has 0 aromatic carbocycles. The predicted molar refractivity (Wildman–Crippen MR) is 61.5 cm³/mol. The summed E-state index contributed by atoms with van der Waals surface area (Å²) in [5.41, 5.74) is 0. The molecule has 1 rings (SSSR count). The monoisotopic (exact) mass is 210 g/mol.